The normalized spacial score (nSPS) is 11.9. The number of imidazole rings is 1. The summed E-state index contributed by atoms with van der Waals surface area (Å²) >= 11 is 4.95. The number of nitrogen functional groups attached to an aromatic ring is 1. The molecule has 2 rings (SSSR count). The molecule has 148 valence electrons. The lowest BCUT2D eigenvalue weighted by molar-refractivity contribution is -0.147. The molecule has 27 heavy (non-hydrogen) atoms. The van der Waals surface area contributed by atoms with Crippen LogP contribution < -0.4 is 11.1 Å². The third-order valence-electron chi connectivity index (χ3n) is 2.68. The summed E-state index contributed by atoms with van der Waals surface area (Å²) in [6.45, 7) is 0. The van der Waals surface area contributed by atoms with E-state index in [2.05, 4.69) is 19.9 Å². The number of carbonyl (C=O) groups excluding carboxylic acids is 1. The van der Waals surface area contributed by atoms with Gasteiger partial charge < -0.3 is 41.0 Å². The fourth-order valence-corrected chi connectivity index (χ4v) is 2.38. The van der Waals surface area contributed by atoms with E-state index in [1.165, 1.54) is 6.33 Å². The van der Waals surface area contributed by atoms with Gasteiger partial charge in [0.15, 0.2) is 5.65 Å². The van der Waals surface area contributed by atoms with Gasteiger partial charge in [0, 0.05) is 0 Å². The number of H-pyrrole nitrogens is 2. The Morgan fingerprint density at radius 2 is 1.96 bits per heavy atom. The van der Waals surface area contributed by atoms with Gasteiger partial charge in [-0.15, -0.1) is 0 Å². The van der Waals surface area contributed by atoms with Crippen molar-refractivity contribution in [3.8, 4) is 0 Å². The molecule has 1 atom stereocenters. The van der Waals surface area contributed by atoms with Gasteiger partial charge in [-0.3, -0.25) is 14.2 Å². The lowest BCUT2D eigenvalue weighted by Crippen LogP contribution is -2.43. The number of nitrogens with two attached hydrogens (primary N) is 1. The van der Waals surface area contributed by atoms with Crippen molar-refractivity contribution in [1.29, 1.82) is 0 Å². The molecule has 0 bridgehead atoms. The van der Waals surface area contributed by atoms with Gasteiger partial charge in [-0.05, 0) is 0 Å². The molecule has 1 amide bonds. The summed E-state index contributed by atoms with van der Waals surface area (Å²) < 4.78 is 10.9. The van der Waals surface area contributed by atoms with Crippen LogP contribution in [-0.2, 0) is 18.9 Å². The lowest BCUT2D eigenvalue weighted by atomic mass is 10.2. The van der Waals surface area contributed by atoms with Gasteiger partial charge in [-0.1, -0.05) is 12.2 Å². The number of rotatable bonds is 6. The number of fused-ring (bicyclic) bond motifs is 1. The molecule has 16 heteroatoms. The van der Waals surface area contributed by atoms with Crippen LogP contribution in [-0.4, -0.2) is 70.0 Å². The molecule has 2 aromatic rings. The van der Waals surface area contributed by atoms with Gasteiger partial charge in [0.2, 0.25) is 11.9 Å². The van der Waals surface area contributed by atoms with Crippen molar-refractivity contribution in [2.45, 2.75) is 12.5 Å². The first-order valence-electron chi connectivity index (χ1n) is 6.86. The summed E-state index contributed by atoms with van der Waals surface area (Å²) in [5.74, 6) is -3.98. The van der Waals surface area contributed by atoms with Crippen LogP contribution in [0.15, 0.2) is 6.33 Å². The molecule has 0 aliphatic rings. The van der Waals surface area contributed by atoms with E-state index in [0.29, 0.717) is 15.8 Å². The second kappa shape index (κ2) is 9.18. The summed E-state index contributed by atoms with van der Waals surface area (Å²) in [6, 6.07) is -1.71. The zero-order valence-corrected chi connectivity index (χ0v) is 15.0. The number of hydrogen-bond acceptors (Lipinski definition) is 8. The Morgan fingerprint density at radius 1 is 1.33 bits per heavy atom. The first-order valence-corrected chi connectivity index (χ1v) is 9.07. The van der Waals surface area contributed by atoms with Crippen LogP contribution in [0.4, 0.5) is 5.95 Å². The third kappa shape index (κ3) is 7.91. The van der Waals surface area contributed by atoms with Crippen molar-refractivity contribution >= 4 is 54.8 Å². The molecule has 14 nitrogen and oxygen atoms in total. The van der Waals surface area contributed by atoms with Crippen LogP contribution in [0, 0.1) is 4.64 Å². The maximum atomic E-state index is 10.9. The standard InChI is InChI=1S/C6H10NO8P.C5H5N5S/c8-4(2-16(13,14)15)7-3(6(11)12)1-5(9)10;6-5-9-3-2(4(11)10-5)7-1-8-3/h3H,1-2H2,(H,7,8)(H,9,10)(H,11,12)(H2,13,14,15);1H,(H4,6,7,8,9,10,11)/t3-;/m0./s1. The number of hydrogen-bond donors (Lipinski definition) is 8. The first-order chi connectivity index (χ1) is 12.4. The number of amides is 1. The highest BCUT2D eigenvalue weighted by molar-refractivity contribution is 7.71. The van der Waals surface area contributed by atoms with Crippen LogP contribution in [0.2, 0.25) is 0 Å². The average molecular weight is 422 g/mol. The lowest BCUT2D eigenvalue weighted by Gasteiger charge is -2.12. The van der Waals surface area contributed by atoms with Crippen molar-refractivity contribution in [3.05, 3.63) is 11.0 Å². The van der Waals surface area contributed by atoms with Gasteiger partial charge in [0.1, 0.15) is 22.4 Å². The quantitative estimate of drug-likeness (QED) is 0.202. The zero-order valence-electron chi connectivity index (χ0n) is 13.3. The van der Waals surface area contributed by atoms with Crippen LogP contribution in [0.25, 0.3) is 11.2 Å². The van der Waals surface area contributed by atoms with E-state index in [9.17, 15) is 18.9 Å². The molecule has 0 fully saturated rings. The summed E-state index contributed by atoms with van der Waals surface area (Å²) in [7, 11) is -4.59. The number of carbonyl (C=O) groups is 3. The number of aromatic nitrogens is 4. The number of nitrogens with zero attached hydrogens (tertiary/aromatic N) is 2. The topological polar surface area (TPSA) is 245 Å². The molecular weight excluding hydrogens is 407 g/mol. The predicted molar refractivity (Wildman–Crippen MR) is 92.2 cm³/mol. The van der Waals surface area contributed by atoms with Crippen molar-refractivity contribution in [2.75, 3.05) is 11.9 Å². The van der Waals surface area contributed by atoms with Crippen LogP contribution >= 0.6 is 19.8 Å². The molecule has 9 N–H and O–H groups in total. The van der Waals surface area contributed by atoms with Crippen LogP contribution in [0.1, 0.15) is 6.42 Å². The summed E-state index contributed by atoms with van der Waals surface area (Å²) in [4.78, 5) is 61.8. The van der Waals surface area contributed by atoms with Gasteiger partial charge >= 0.3 is 19.5 Å². The summed E-state index contributed by atoms with van der Waals surface area (Å²) in [6.07, 6.45) is -0.528. The molecule has 0 aromatic carbocycles. The Kier molecular flexibility index (Phi) is 7.54. The van der Waals surface area contributed by atoms with E-state index in [1.807, 2.05) is 0 Å². The second-order valence-electron chi connectivity index (χ2n) is 4.93. The molecule has 0 saturated heterocycles. The highest BCUT2D eigenvalue weighted by atomic mass is 32.1. The van der Waals surface area contributed by atoms with Crippen LogP contribution in [0.5, 0.6) is 0 Å². The van der Waals surface area contributed by atoms with Crippen LogP contribution in [0.3, 0.4) is 0 Å². The molecular formula is C11H15N6O8PS. The highest BCUT2D eigenvalue weighted by Gasteiger charge is 2.26. The molecule has 0 unspecified atom stereocenters. The fourth-order valence-electron chi connectivity index (χ4n) is 1.66. The van der Waals surface area contributed by atoms with Gasteiger partial charge in [0.05, 0.1) is 12.7 Å². The zero-order chi connectivity index (χ0) is 20.8. The Bertz CT molecular complexity index is 952. The Hall–Kier alpha value is -2.87. The number of aromatic amines is 2. The number of carboxylic acid groups (broad SMARTS) is 2. The van der Waals surface area contributed by atoms with E-state index >= 15 is 0 Å². The number of anilines is 1. The van der Waals surface area contributed by atoms with E-state index in [4.69, 9.17) is 38.0 Å². The highest BCUT2D eigenvalue weighted by Crippen LogP contribution is 2.33. The number of carboxylic acids is 2. The maximum absolute atomic E-state index is 10.9. The van der Waals surface area contributed by atoms with Crippen molar-refractivity contribution in [2.24, 2.45) is 0 Å². The fraction of sp³-hybridized carbons (Fsp3) is 0.273. The average Bonchev–Trinajstić information content (AvgIpc) is 2.93. The molecule has 2 heterocycles. The van der Waals surface area contributed by atoms with Crippen molar-refractivity contribution in [3.63, 3.8) is 0 Å². The molecule has 0 radical (unpaired) electrons. The SMILES string of the molecule is Nc1nc2nc[nH]c2c(=S)[nH]1.O=C(O)C[C@H](NC(=O)CP(=O)(O)O)C(=O)O. The predicted octanol–water partition coefficient (Wildman–Crippen LogP) is -1.19. The minimum Gasteiger partial charge on any atom is -0.481 e. The van der Waals surface area contributed by atoms with Crippen molar-refractivity contribution in [1.82, 2.24) is 25.3 Å². The maximum Gasteiger partial charge on any atom is 0.334 e. The number of nitrogens with one attached hydrogen (secondary N) is 3. The Labute approximate surface area is 155 Å². The molecule has 2 aromatic heterocycles. The second-order valence-corrected chi connectivity index (χ2v) is 6.99. The Balaban J connectivity index is 0.000000285. The van der Waals surface area contributed by atoms with E-state index in [-0.39, 0.29) is 5.95 Å². The van der Waals surface area contributed by atoms with Crippen molar-refractivity contribution < 1.29 is 38.9 Å². The van der Waals surface area contributed by atoms with Gasteiger partial charge in [-0.25, -0.2) is 9.78 Å². The summed E-state index contributed by atoms with van der Waals surface area (Å²) in [5, 5.41) is 18.5. The van der Waals surface area contributed by atoms with E-state index < -0.39 is 44.1 Å². The number of aliphatic carboxylic acids is 2. The third-order valence-corrected chi connectivity index (χ3v) is 3.68. The first kappa shape index (κ1) is 22.2. The minimum atomic E-state index is -4.59. The largest absolute Gasteiger partial charge is 0.481 e. The molecule has 0 aliphatic heterocycles. The Morgan fingerprint density at radius 3 is 2.48 bits per heavy atom. The smallest absolute Gasteiger partial charge is 0.334 e. The monoisotopic (exact) mass is 422 g/mol. The minimum absolute atomic E-state index is 0.287. The van der Waals surface area contributed by atoms with Gasteiger partial charge in [-0.2, -0.15) is 4.98 Å². The summed E-state index contributed by atoms with van der Waals surface area (Å²) in [5.41, 5.74) is 6.66. The van der Waals surface area contributed by atoms with E-state index in [1.54, 1.807) is 5.32 Å². The molecule has 0 saturated carbocycles. The van der Waals surface area contributed by atoms with E-state index in [0.717, 1.165) is 0 Å². The molecule has 0 spiro atoms. The van der Waals surface area contributed by atoms with Gasteiger partial charge in [0.25, 0.3) is 0 Å². The molecule has 0 aliphatic carbocycles.